The van der Waals surface area contributed by atoms with Crippen molar-refractivity contribution in [3.05, 3.63) is 222 Å². The van der Waals surface area contributed by atoms with Crippen molar-refractivity contribution in [2.45, 2.75) is 31.6 Å². The van der Waals surface area contributed by atoms with Crippen molar-refractivity contribution >= 4 is 17.1 Å². The fraction of sp³-hybridized carbons (Fsp3) is 0.0943. The van der Waals surface area contributed by atoms with Crippen molar-refractivity contribution < 1.29 is 0 Å². The summed E-state index contributed by atoms with van der Waals surface area (Å²) in [6.45, 7) is 7.13. The largest absolute Gasteiger partial charge is 0.310 e. The van der Waals surface area contributed by atoms with Crippen molar-refractivity contribution in [1.29, 1.82) is 0 Å². The second kappa shape index (κ2) is 12.3. The maximum Gasteiger partial charge on any atom is 0.0465 e. The van der Waals surface area contributed by atoms with Gasteiger partial charge in [-0.1, -0.05) is 172 Å². The highest BCUT2D eigenvalue weighted by atomic mass is 15.1. The SMILES string of the molecule is CC1(C)c2ccccc2-c2ccc(N(c3ccc(-c4ccccc4-c4ccccc4)cc3)c3ccc4c(c3)C(C)(c3ccccc3)c3ccccc3-4)cc21. The zero-order valence-corrected chi connectivity index (χ0v) is 30.9. The van der Waals surface area contributed by atoms with Crippen LogP contribution >= 0.6 is 0 Å². The van der Waals surface area contributed by atoms with Crippen LogP contribution in [-0.4, -0.2) is 0 Å². The van der Waals surface area contributed by atoms with Crippen LogP contribution in [0, 0.1) is 0 Å². The highest BCUT2D eigenvalue weighted by molar-refractivity contribution is 5.90. The lowest BCUT2D eigenvalue weighted by atomic mass is 9.74. The number of rotatable bonds is 6. The van der Waals surface area contributed by atoms with E-state index in [4.69, 9.17) is 0 Å². The molecule has 0 aliphatic heterocycles. The maximum absolute atomic E-state index is 2.46. The summed E-state index contributed by atoms with van der Waals surface area (Å²) in [6.07, 6.45) is 0. The minimum atomic E-state index is -0.290. The van der Waals surface area contributed by atoms with E-state index in [1.165, 1.54) is 72.3 Å². The zero-order valence-electron chi connectivity index (χ0n) is 30.9. The van der Waals surface area contributed by atoms with Crippen LogP contribution in [-0.2, 0) is 10.8 Å². The quantitative estimate of drug-likeness (QED) is 0.168. The third-order valence-electron chi connectivity index (χ3n) is 12.2. The summed E-state index contributed by atoms with van der Waals surface area (Å²) >= 11 is 0. The van der Waals surface area contributed by atoms with Gasteiger partial charge in [0.15, 0.2) is 0 Å². The molecule has 0 aromatic heterocycles. The Morgan fingerprint density at radius 2 is 0.741 bits per heavy atom. The second-order valence-electron chi connectivity index (χ2n) is 15.5. The van der Waals surface area contributed by atoms with Crippen LogP contribution in [0.25, 0.3) is 44.5 Å². The molecule has 0 N–H and O–H groups in total. The van der Waals surface area contributed by atoms with E-state index in [-0.39, 0.29) is 10.8 Å². The molecule has 1 atom stereocenters. The first-order valence-electron chi connectivity index (χ1n) is 19.0. The monoisotopic (exact) mass is 691 g/mol. The molecule has 1 nitrogen and oxygen atoms in total. The molecule has 0 amide bonds. The first-order chi connectivity index (χ1) is 26.4. The van der Waals surface area contributed by atoms with Crippen LogP contribution in [0.1, 0.15) is 48.6 Å². The number of hydrogen-bond donors (Lipinski definition) is 0. The van der Waals surface area contributed by atoms with Gasteiger partial charge < -0.3 is 4.90 Å². The number of anilines is 3. The van der Waals surface area contributed by atoms with Crippen LogP contribution in [0.4, 0.5) is 17.1 Å². The third-order valence-corrected chi connectivity index (χ3v) is 12.2. The van der Waals surface area contributed by atoms with E-state index in [0.717, 1.165) is 17.1 Å². The molecule has 0 spiro atoms. The van der Waals surface area contributed by atoms with Crippen LogP contribution in [0.5, 0.6) is 0 Å². The number of fused-ring (bicyclic) bond motifs is 6. The van der Waals surface area contributed by atoms with Crippen molar-refractivity contribution in [2.24, 2.45) is 0 Å². The van der Waals surface area contributed by atoms with Crippen molar-refractivity contribution in [3.63, 3.8) is 0 Å². The molecule has 0 bridgehead atoms. The fourth-order valence-electron chi connectivity index (χ4n) is 9.37. The Labute approximate surface area is 318 Å². The fourth-order valence-corrected chi connectivity index (χ4v) is 9.37. The van der Waals surface area contributed by atoms with Gasteiger partial charge in [0.1, 0.15) is 0 Å². The molecule has 54 heavy (non-hydrogen) atoms. The lowest BCUT2D eigenvalue weighted by molar-refractivity contribution is 0.660. The molecule has 258 valence electrons. The molecule has 2 aliphatic rings. The highest BCUT2D eigenvalue weighted by Gasteiger charge is 2.41. The standard InChI is InChI=1S/C53H41N/c1-52(2)48-24-14-12-22-44(48)46-32-30-40(34-50(46)52)54(39-28-26-37(27-29-39)43-21-11-10-20-42(43)36-16-6-4-7-17-36)41-31-33-47-45-23-13-15-25-49(45)53(3,51(47)35-41)38-18-8-5-9-19-38/h4-35H,1-3H3. The van der Waals surface area contributed by atoms with Gasteiger partial charge in [-0.2, -0.15) is 0 Å². The zero-order chi connectivity index (χ0) is 36.4. The normalized spacial score (nSPS) is 15.9. The summed E-state index contributed by atoms with van der Waals surface area (Å²) in [4.78, 5) is 2.46. The number of hydrogen-bond acceptors (Lipinski definition) is 1. The minimum absolute atomic E-state index is 0.107. The molecule has 0 saturated carbocycles. The van der Waals surface area contributed by atoms with E-state index in [0.29, 0.717) is 0 Å². The summed E-state index contributed by atoms with van der Waals surface area (Å²) < 4.78 is 0. The molecule has 1 heteroatoms. The van der Waals surface area contributed by atoms with Gasteiger partial charge in [-0.15, -0.1) is 0 Å². The van der Waals surface area contributed by atoms with E-state index in [9.17, 15) is 0 Å². The number of benzene rings is 8. The Bertz CT molecular complexity index is 2690. The number of nitrogens with zero attached hydrogens (tertiary/aromatic N) is 1. The van der Waals surface area contributed by atoms with Gasteiger partial charge >= 0.3 is 0 Å². The van der Waals surface area contributed by atoms with Crippen LogP contribution in [0.15, 0.2) is 194 Å². The third kappa shape index (κ3) is 4.85. The first-order valence-corrected chi connectivity index (χ1v) is 19.0. The van der Waals surface area contributed by atoms with E-state index < -0.39 is 0 Å². The van der Waals surface area contributed by atoms with Gasteiger partial charge in [0.2, 0.25) is 0 Å². The summed E-state index contributed by atoms with van der Waals surface area (Å²) in [5.74, 6) is 0. The van der Waals surface area contributed by atoms with E-state index in [1.807, 2.05) is 0 Å². The highest BCUT2D eigenvalue weighted by Crippen LogP contribution is 2.55. The lowest BCUT2D eigenvalue weighted by Crippen LogP contribution is -2.23. The van der Waals surface area contributed by atoms with Crippen LogP contribution in [0.2, 0.25) is 0 Å². The Hall–Kier alpha value is -6.44. The lowest BCUT2D eigenvalue weighted by Gasteiger charge is -2.31. The molecule has 0 heterocycles. The molecule has 0 fully saturated rings. The average Bonchev–Trinajstić information content (AvgIpc) is 3.63. The first kappa shape index (κ1) is 32.2. The van der Waals surface area contributed by atoms with Crippen LogP contribution < -0.4 is 4.90 Å². The molecule has 10 rings (SSSR count). The Morgan fingerprint density at radius 1 is 0.315 bits per heavy atom. The smallest absolute Gasteiger partial charge is 0.0465 e. The second-order valence-corrected chi connectivity index (χ2v) is 15.5. The Morgan fingerprint density at radius 3 is 1.37 bits per heavy atom. The maximum atomic E-state index is 2.46. The molecule has 0 radical (unpaired) electrons. The molecular formula is C53H41N. The summed E-state index contributed by atoms with van der Waals surface area (Å²) in [5, 5.41) is 0. The van der Waals surface area contributed by atoms with Gasteiger partial charge in [-0.3, -0.25) is 0 Å². The summed E-state index contributed by atoms with van der Waals surface area (Å²) in [7, 11) is 0. The predicted octanol–water partition coefficient (Wildman–Crippen LogP) is 14.1. The van der Waals surface area contributed by atoms with Gasteiger partial charge in [0.25, 0.3) is 0 Å². The van der Waals surface area contributed by atoms with Crippen LogP contribution in [0.3, 0.4) is 0 Å². The molecule has 8 aromatic rings. The van der Waals surface area contributed by atoms with E-state index >= 15 is 0 Å². The van der Waals surface area contributed by atoms with Gasteiger partial charge in [0, 0.05) is 27.9 Å². The molecule has 0 saturated heterocycles. The molecule has 8 aromatic carbocycles. The Balaban J connectivity index is 1.15. The summed E-state index contributed by atoms with van der Waals surface area (Å²) in [5.41, 5.74) is 20.0. The van der Waals surface area contributed by atoms with Gasteiger partial charge in [-0.25, -0.2) is 0 Å². The van der Waals surface area contributed by atoms with Gasteiger partial charge in [-0.05, 0) is 116 Å². The average molecular weight is 692 g/mol. The molecule has 2 aliphatic carbocycles. The van der Waals surface area contributed by atoms with E-state index in [1.54, 1.807) is 0 Å². The topological polar surface area (TPSA) is 3.24 Å². The van der Waals surface area contributed by atoms with Crippen molar-refractivity contribution in [3.8, 4) is 44.5 Å². The van der Waals surface area contributed by atoms with Crippen molar-refractivity contribution in [1.82, 2.24) is 0 Å². The minimum Gasteiger partial charge on any atom is -0.310 e. The molecular weight excluding hydrogens is 651 g/mol. The van der Waals surface area contributed by atoms with Gasteiger partial charge in [0.05, 0.1) is 0 Å². The molecule has 1 unspecified atom stereocenters. The van der Waals surface area contributed by atoms with Crippen molar-refractivity contribution in [2.75, 3.05) is 4.90 Å². The summed E-state index contributed by atoms with van der Waals surface area (Å²) in [6, 6.07) is 71.6. The van der Waals surface area contributed by atoms with E-state index in [2.05, 4.69) is 220 Å². The Kier molecular flexibility index (Phi) is 7.35. The predicted molar refractivity (Wildman–Crippen MR) is 227 cm³/mol.